The number of aryl methyl sites for hydroxylation is 1. The third kappa shape index (κ3) is 6.00. The Morgan fingerprint density at radius 2 is 1.82 bits per heavy atom. The van der Waals surface area contributed by atoms with Crippen LogP contribution in [-0.2, 0) is 19.3 Å². The van der Waals surface area contributed by atoms with Crippen LogP contribution in [0.25, 0.3) is 21.9 Å². The minimum absolute atomic E-state index is 0.137. The number of fused-ring (bicyclic) bond motifs is 2. The highest BCUT2D eigenvalue weighted by Crippen LogP contribution is 2.38. The molecule has 1 unspecified atom stereocenters. The number of benzene rings is 1. The second-order valence-electron chi connectivity index (χ2n) is 12.2. The van der Waals surface area contributed by atoms with E-state index in [1.807, 2.05) is 49.4 Å². The van der Waals surface area contributed by atoms with Gasteiger partial charge in [0.15, 0.2) is 17.8 Å². The Hall–Kier alpha value is -4.04. The van der Waals surface area contributed by atoms with E-state index in [1.54, 1.807) is 23.4 Å². The predicted molar refractivity (Wildman–Crippen MR) is 164 cm³/mol. The van der Waals surface area contributed by atoms with Gasteiger partial charge in [-0.1, -0.05) is 6.07 Å². The average molecular weight is 624 g/mol. The van der Waals surface area contributed by atoms with Gasteiger partial charge >= 0.3 is 6.09 Å². The molecule has 3 aromatic heterocycles. The molecule has 1 atom stereocenters. The van der Waals surface area contributed by atoms with Crippen LogP contribution in [-0.4, -0.2) is 88.8 Å². The number of rotatable bonds is 5. The first-order valence-electron chi connectivity index (χ1n) is 14.7. The van der Waals surface area contributed by atoms with Crippen LogP contribution < -0.4 is 9.64 Å². The van der Waals surface area contributed by atoms with Crippen LogP contribution in [0.3, 0.4) is 0 Å². The maximum atomic E-state index is 12.7. The molecule has 0 radical (unpaired) electrons. The first-order chi connectivity index (χ1) is 20.9. The summed E-state index contributed by atoms with van der Waals surface area (Å²) in [5.41, 5.74) is 1.82. The van der Waals surface area contributed by atoms with E-state index in [0.29, 0.717) is 55.6 Å². The average Bonchev–Trinajstić information content (AvgIpc) is 3.42. The number of sulfone groups is 1. The summed E-state index contributed by atoms with van der Waals surface area (Å²) < 4.78 is 45.4. The molecule has 2 aliphatic heterocycles. The fourth-order valence-corrected chi connectivity index (χ4v) is 5.97. The van der Waals surface area contributed by atoms with E-state index in [9.17, 15) is 13.2 Å². The lowest BCUT2D eigenvalue weighted by Crippen LogP contribution is -2.50. The number of pyridine rings is 1. The van der Waals surface area contributed by atoms with E-state index in [1.165, 1.54) is 0 Å². The fraction of sp³-hybridized carbons (Fsp3) is 0.500. The van der Waals surface area contributed by atoms with Gasteiger partial charge in [0.05, 0.1) is 17.1 Å². The Morgan fingerprint density at radius 1 is 1.05 bits per heavy atom. The summed E-state index contributed by atoms with van der Waals surface area (Å²) >= 11 is 0. The molecule has 1 aromatic carbocycles. The van der Waals surface area contributed by atoms with Gasteiger partial charge in [0.1, 0.15) is 22.4 Å². The molecular formula is C30H37N7O6S. The number of carbonyl (C=O) groups is 1. The number of hydrogen-bond acceptors (Lipinski definition) is 11. The summed E-state index contributed by atoms with van der Waals surface area (Å²) in [7, 11) is -3.79. The fourth-order valence-electron chi connectivity index (χ4n) is 5.46. The van der Waals surface area contributed by atoms with Gasteiger partial charge in [0, 0.05) is 51.3 Å². The lowest BCUT2D eigenvalue weighted by Gasteiger charge is -2.36. The van der Waals surface area contributed by atoms with Crippen LogP contribution in [0.5, 0.6) is 11.5 Å². The van der Waals surface area contributed by atoms with Gasteiger partial charge in [-0.3, -0.25) is 4.98 Å². The van der Waals surface area contributed by atoms with E-state index in [2.05, 4.69) is 20.1 Å². The molecule has 13 nitrogen and oxygen atoms in total. The van der Waals surface area contributed by atoms with Gasteiger partial charge in [0.2, 0.25) is 15.0 Å². The first-order valence-corrected chi connectivity index (χ1v) is 16.6. The molecule has 2 saturated heterocycles. The second-order valence-corrected chi connectivity index (χ2v) is 14.1. The Kier molecular flexibility index (Phi) is 7.82. The van der Waals surface area contributed by atoms with Crippen molar-refractivity contribution in [2.45, 2.75) is 63.9 Å². The lowest BCUT2D eigenvalue weighted by atomic mass is 10.1. The molecule has 4 aromatic rings. The number of anilines is 1. The second kappa shape index (κ2) is 11.5. The van der Waals surface area contributed by atoms with Crippen molar-refractivity contribution in [2.75, 3.05) is 43.9 Å². The number of hydrogen-bond donors (Lipinski definition) is 0. The van der Waals surface area contributed by atoms with E-state index in [-0.39, 0.29) is 16.9 Å². The van der Waals surface area contributed by atoms with Gasteiger partial charge in [-0.25, -0.2) is 22.9 Å². The number of amides is 1. The molecular weight excluding hydrogens is 586 g/mol. The predicted octanol–water partition coefficient (Wildman–Crippen LogP) is 4.63. The molecule has 234 valence electrons. The molecule has 5 heterocycles. The van der Waals surface area contributed by atoms with Gasteiger partial charge in [-0.15, -0.1) is 0 Å². The molecule has 1 amide bonds. The molecule has 0 bridgehead atoms. The summed E-state index contributed by atoms with van der Waals surface area (Å²) in [6.07, 6.45) is 6.90. The van der Waals surface area contributed by atoms with E-state index in [4.69, 9.17) is 14.2 Å². The van der Waals surface area contributed by atoms with E-state index in [0.717, 1.165) is 42.0 Å². The summed E-state index contributed by atoms with van der Waals surface area (Å²) in [5.74, 6) is 1.29. The summed E-state index contributed by atoms with van der Waals surface area (Å²) in [4.78, 5) is 29.6. The van der Waals surface area contributed by atoms with Crippen LogP contribution >= 0.6 is 0 Å². The summed E-state index contributed by atoms with van der Waals surface area (Å²) in [6.45, 7) is 9.68. The van der Waals surface area contributed by atoms with Crippen molar-refractivity contribution in [2.24, 2.45) is 0 Å². The van der Waals surface area contributed by atoms with Crippen molar-refractivity contribution in [3.63, 3.8) is 0 Å². The quantitative estimate of drug-likeness (QED) is 0.287. The van der Waals surface area contributed by atoms with Gasteiger partial charge < -0.3 is 24.0 Å². The SMILES string of the molecule is Cc1ccc2c(cnn2C2CCCCO2)c1Oc1ccnc2c(N3CCN(C(=O)OC(C)(C)C)CC3)nc(S(C)(=O)=O)nc12. The summed E-state index contributed by atoms with van der Waals surface area (Å²) in [5, 5.41) is 5.11. The Labute approximate surface area is 256 Å². The normalized spacial score (nSPS) is 18.2. The van der Waals surface area contributed by atoms with Crippen LogP contribution in [0.2, 0.25) is 0 Å². The molecule has 6 rings (SSSR count). The number of piperazine rings is 1. The molecule has 2 fully saturated rings. The maximum Gasteiger partial charge on any atom is 0.410 e. The topological polar surface area (TPSA) is 142 Å². The Morgan fingerprint density at radius 3 is 2.50 bits per heavy atom. The monoisotopic (exact) mass is 623 g/mol. The van der Waals surface area contributed by atoms with Crippen LogP contribution in [0.1, 0.15) is 51.8 Å². The molecule has 14 heteroatoms. The van der Waals surface area contributed by atoms with Crippen molar-refractivity contribution in [1.82, 2.24) is 29.6 Å². The summed E-state index contributed by atoms with van der Waals surface area (Å²) in [6, 6.07) is 5.64. The number of ether oxygens (including phenoxy) is 3. The smallest absolute Gasteiger partial charge is 0.410 e. The number of carbonyl (C=O) groups excluding carboxylic acids is 1. The van der Waals surface area contributed by atoms with Crippen LogP contribution in [0.15, 0.2) is 35.7 Å². The third-order valence-corrected chi connectivity index (χ3v) is 8.48. The minimum atomic E-state index is -3.79. The van der Waals surface area contributed by atoms with Crippen molar-refractivity contribution in [1.29, 1.82) is 0 Å². The minimum Gasteiger partial charge on any atom is -0.454 e. The molecule has 2 aliphatic rings. The lowest BCUT2D eigenvalue weighted by molar-refractivity contribution is -0.0366. The van der Waals surface area contributed by atoms with Crippen LogP contribution in [0.4, 0.5) is 10.6 Å². The van der Waals surface area contributed by atoms with Gasteiger partial charge in [-0.05, 0) is 58.6 Å². The highest BCUT2D eigenvalue weighted by atomic mass is 32.2. The molecule has 44 heavy (non-hydrogen) atoms. The van der Waals surface area contributed by atoms with E-state index < -0.39 is 21.5 Å². The van der Waals surface area contributed by atoms with Crippen LogP contribution in [0, 0.1) is 6.92 Å². The molecule has 0 aliphatic carbocycles. The zero-order valence-corrected chi connectivity index (χ0v) is 26.4. The Bertz CT molecular complexity index is 1820. The standard InChI is InChI=1S/C30H37N7O6S/c1-19-9-10-21-20(18-32-37(21)23-8-6-7-17-41-23)26(19)42-22-11-12-31-25-24(22)33-28(44(5,39)40)34-27(25)35-13-15-36(16-14-35)29(38)43-30(2,3)4/h9-12,18,23H,6-8,13-17H2,1-5H3. The van der Waals surface area contributed by atoms with Crippen molar-refractivity contribution < 1.29 is 27.4 Å². The number of aromatic nitrogens is 5. The largest absolute Gasteiger partial charge is 0.454 e. The molecule has 0 spiro atoms. The zero-order valence-electron chi connectivity index (χ0n) is 25.6. The molecule has 0 N–H and O–H groups in total. The van der Waals surface area contributed by atoms with Crippen molar-refractivity contribution >= 4 is 43.7 Å². The molecule has 0 saturated carbocycles. The van der Waals surface area contributed by atoms with E-state index >= 15 is 0 Å². The first kappa shape index (κ1) is 30.0. The Balaban J connectivity index is 1.37. The number of nitrogens with zero attached hydrogens (tertiary/aromatic N) is 7. The van der Waals surface area contributed by atoms with Gasteiger partial charge in [-0.2, -0.15) is 10.1 Å². The maximum absolute atomic E-state index is 12.7. The van der Waals surface area contributed by atoms with Crippen molar-refractivity contribution in [3.05, 3.63) is 36.2 Å². The third-order valence-electron chi connectivity index (χ3n) is 7.64. The highest BCUT2D eigenvalue weighted by molar-refractivity contribution is 7.90. The highest BCUT2D eigenvalue weighted by Gasteiger charge is 2.29. The van der Waals surface area contributed by atoms with Gasteiger partial charge in [0.25, 0.3) is 0 Å². The zero-order chi connectivity index (χ0) is 31.2. The van der Waals surface area contributed by atoms with Crippen molar-refractivity contribution in [3.8, 4) is 11.5 Å².